The van der Waals surface area contributed by atoms with Crippen LogP contribution >= 0.6 is 11.3 Å². The highest BCUT2D eigenvalue weighted by Gasteiger charge is 2.28. The standard InChI is InChI=1S/C14H22N2O3S/c1-5-19-13(17)12-10(3)20-14(15-12)16-7-6-9(2)11(8-16)18-4/h9,11H,5-8H2,1-4H3. The second kappa shape index (κ2) is 6.54. The maximum atomic E-state index is 11.8. The van der Waals surface area contributed by atoms with Crippen molar-refractivity contribution in [2.24, 2.45) is 5.92 Å². The van der Waals surface area contributed by atoms with Crippen molar-refractivity contribution in [1.29, 1.82) is 0 Å². The fourth-order valence-corrected chi connectivity index (χ4v) is 3.35. The van der Waals surface area contributed by atoms with Crippen LogP contribution in [-0.2, 0) is 9.47 Å². The lowest BCUT2D eigenvalue weighted by atomic mass is 9.96. The molecule has 0 N–H and O–H groups in total. The topological polar surface area (TPSA) is 51.7 Å². The highest BCUT2D eigenvalue weighted by molar-refractivity contribution is 7.15. The van der Waals surface area contributed by atoms with E-state index in [2.05, 4.69) is 16.8 Å². The summed E-state index contributed by atoms with van der Waals surface area (Å²) in [6.07, 6.45) is 1.30. The number of hydrogen-bond donors (Lipinski definition) is 0. The van der Waals surface area contributed by atoms with E-state index in [0.29, 0.717) is 18.2 Å². The lowest BCUT2D eigenvalue weighted by Crippen LogP contribution is -2.43. The van der Waals surface area contributed by atoms with E-state index in [4.69, 9.17) is 9.47 Å². The van der Waals surface area contributed by atoms with Gasteiger partial charge in [0.1, 0.15) is 0 Å². The summed E-state index contributed by atoms with van der Waals surface area (Å²) in [6.45, 7) is 8.08. The SMILES string of the molecule is CCOC(=O)c1nc(N2CCC(C)C(OC)C2)sc1C. The minimum absolute atomic E-state index is 0.221. The fourth-order valence-electron chi connectivity index (χ4n) is 2.42. The number of hydrogen-bond acceptors (Lipinski definition) is 6. The normalized spacial score (nSPS) is 22.9. The summed E-state index contributed by atoms with van der Waals surface area (Å²) in [5.74, 6) is 0.225. The maximum Gasteiger partial charge on any atom is 0.358 e. The zero-order valence-corrected chi connectivity index (χ0v) is 13.3. The molecule has 0 aliphatic carbocycles. The molecule has 0 saturated carbocycles. The molecule has 1 aliphatic rings. The number of aromatic nitrogens is 1. The van der Waals surface area contributed by atoms with Crippen molar-refractivity contribution in [1.82, 2.24) is 4.98 Å². The lowest BCUT2D eigenvalue weighted by molar-refractivity contribution is 0.0497. The van der Waals surface area contributed by atoms with Gasteiger partial charge in [0.25, 0.3) is 0 Å². The summed E-state index contributed by atoms with van der Waals surface area (Å²) < 4.78 is 10.6. The maximum absolute atomic E-state index is 11.8. The predicted octanol–water partition coefficient (Wildman–Crippen LogP) is 2.49. The number of nitrogens with zero attached hydrogens (tertiary/aromatic N) is 2. The first-order chi connectivity index (χ1) is 9.56. The Morgan fingerprint density at radius 2 is 2.30 bits per heavy atom. The predicted molar refractivity (Wildman–Crippen MR) is 79.6 cm³/mol. The molecule has 2 heterocycles. The quantitative estimate of drug-likeness (QED) is 0.799. The molecule has 1 aromatic rings. The van der Waals surface area contributed by atoms with Gasteiger partial charge in [0.2, 0.25) is 0 Å². The van der Waals surface area contributed by atoms with E-state index in [1.165, 1.54) is 0 Å². The number of methoxy groups -OCH3 is 1. The average Bonchev–Trinajstić information content (AvgIpc) is 2.82. The lowest BCUT2D eigenvalue weighted by Gasteiger charge is -2.36. The molecule has 0 spiro atoms. The first kappa shape index (κ1) is 15.3. The van der Waals surface area contributed by atoms with E-state index in [1.54, 1.807) is 25.4 Å². The van der Waals surface area contributed by atoms with Crippen LogP contribution in [0.1, 0.15) is 35.6 Å². The first-order valence-corrected chi connectivity index (χ1v) is 7.80. The molecule has 1 saturated heterocycles. The molecule has 5 nitrogen and oxygen atoms in total. The smallest absolute Gasteiger partial charge is 0.358 e. The van der Waals surface area contributed by atoms with Crippen molar-refractivity contribution >= 4 is 22.4 Å². The van der Waals surface area contributed by atoms with E-state index >= 15 is 0 Å². The molecular formula is C14H22N2O3S. The van der Waals surface area contributed by atoms with E-state index in [0.717, 1.165) is 29.5 Å². The first-order valence-electron chi connectivity index (χ1n) is 6.99. The molecule has 2 atom stereocenters. The number of carbonyl (C=O) groups excluding carboxylic acids is 1. The second-order valence-electron chi connectivity index (χ2n) is 5.11. The van der Waals surface area contributed by atoms with Gasteiger partial charge in [0.15, 0.2) is 10.8 Å². The minimum atomic E-state index is -0.332. The van der Waals surface area contributed by atoms with Crippen molar-refractivity contribution in [2.75, 3.05) is 31.7 Å². The van der Waals surface area contributed by atoms with Crippen LogP contribution in [0.5, 0.6) is 0 Å². The molecule has 2 rings (SSSR count). The Labute approximate surface area is 123 Å². The third kappa shape index (κ3) is 3.12. The van der Waals surface area contributed by atoms with E-state index in [9.17, 15) is 4.79 Å². The number of esters is 1. The van der Waals surface area contributed by atoms with Crippen LogP contribution in [0.15, 0.2) is 0 Å². The number of anilines is 1. The van der Waals surface area contributed by atoms with Gasteiger partial charge >= 0.3 is 5.97 Å². The summed E-state index contributed by atoms with van der Waals surface area (Å²) in [6, 6.07) is 0. The summed E-state index contributed by atoms with van der Waals surface area (Å²) in [5.41, 5.74) is 0.444. The van der Waals surface area contributed by atoms with Crippen molar-refractivity contribution in [2.45, 2.75) is 33.3 Å². The van der Waals surface area contributed by atoms with Crippen LogP contribution in [0, 0.1) is 12.8 Å². The number of aryl methyl sites for hydroxylation is 1. The Hall–Kier alpha value is -1.14. The average molecular weight is 298 g/mol. The summed E-state index contributed by atoms with van der Waals surface area (Å²) >= 11 is 1.55. The van der Waals surface area contributed by atoms with Crippen LogP contribution in [0.25, 0.3) is 0 Å². The fraction of sp³-hybridized carbons (Fsp3) is 0.714. The third-order valence-corrected chi connectivity index (χ3v) is 4.75. The van der Waals surface area contributed by atoms with Gasteiger partial charge in [0, 0.05) is 25.1 Å². The van der Waals surface area contributed by atoms with Crippen LogP contribution in [0.3, 0.4) is 0 Å². The van der Waals surface area contributed by atoms with Crippen molar-refractivity contribution in [3.63, 3.8) is 0 Å². The molecule has 6 heteroatoms. The van der Waals surface area contributed by atoms with Crippen molar-refractivity contribution < 1.29 is 14.3 Å². The van der Waals surface area contributed by atoms with Gasteiger partial charge in [-0.25, -0.2) is 9.78 Å². The molecule has 2 unspecified atom stereocenters. The molecule has 0 amide bonds. The van der Waals surface area contributed by atoms with E-state index < -0.39 is 0 Å². The molecule has 112 valence electrons. The Bertz CT molecular complexity index is 475. The zero-order chi connectivity index (χ0) is 14.7. The Balaban J connectivity index is 2.13. The summed E-state index contributed by atoms with van der Waals surface area (Å²) in [4.78, 5) is 19.4. The minimum Gasteiger partial charge on any atom is -0.461 e. The van der Waals surface area contributed by atoms with Crippen LogP contribution in [-0.4, -0.2) is 43.9 Å². The zero-order valence-electron chi connectivity index (χ0n) is 12.5. The molecule has 20 heavy (non-hydrogen) atoms. The Morgan fingerprint density at radius 1 is 1.55 bits per heavy atom. The number of piperidine rings is 1. The van der Waals surface area contributed by atoms with Gasteiger partial charge in [-0.05, 0) is 26.2 Å². The van der Waals surface area contributed by atoms with Gasteiger partial charge in [-0.2, -0.15) is 0 Å². The van der Waals surface area contributed by atoms with Gasteiger partial charge in [-0.1, -0.05) is 6.92 Å². The van der Waals surface area contributed by atoms with E-state index in [1.807, 2.05) is 6.92 Å². The highest BCUT2D eigenvalue weighted by atomic mass is 32.1. The largest absolute Gasteiger partial charge is 0.461 e. The molecule has 1 aromatic heterocycles. The molecule has 1 fully saturated rings. The Kier molecular flexibility index (Phi) is 4.99. The Morgan fingerprint density at radius 3 is 2.95 bits per heavy atom. The second-order valence-corrected chi connectivity index (χ2v) is 6.29. The third-order valence-electron chi connectivity index (χ3n) is 3.72. The van der Waals surface area contributed by atoms with Crippen LogP contribution in [0.2, 0.25) is 0 Å². The highest BCUT2D eigenvalue weighted by Crippen LogP contribution is 2.30. The van der Waals surface area contributed by atoms with Crippen molar-refractivity contribution in [3.05, 3.63) is 10.6 Å². The number of carbonyl (C=O) groups is 1. The summed E-state index contributed by atoms with van der Waals surface area (Å²) in [7, 11) is 1.75. The van der Waals surface area contributed by atoms with E-state index in [-0.39, 0.29) is 12.1 Å². The van der Waals surface area contributed by atoms with Gasteiger partial charge in [-0.3, -0.25) is 0 Å². The van der Waals surface area contributed by atoms with Crippen LogP contribution < -0.4 is 4.90 Å². The van der Waals surface area contributed by atoms with Gasteiger partial charge in [-0.15, -0.1) is 11.3 Å². The molecular weight excluding hydrogens is 276 g/mol. The number of rotatable bonds is 4. The molecule has 0 bridgehead atoms. The number of ether oxygens (including phenoxy) is 2. The molecule has 0 aromatic carbocycles. The van der Waals surface area contributed by atoms with Gasteiger partial charge in [0.05, 0.1) is 12.7 Å². The molecule has 0 radical (unpaired) electrons. The monoisotopic (exact) mass is 298 g/mol. The molecule has 1 aliphatic heterocycles. The number of thiazole rings is 1. The summed E-state index contributed by atoms with van der Waals surface area (Å²) in [5, 5.41) is 0.888. The van der Waals surface area contributed by atoms with Gasteiger partial charge < -0.3 is 14.4 Å². The van der Waals surface area contributed by atoms with Crippen LogP contribution in [0.4, 0.5) is 5.13 Å². The van der Waals surface area contributed by atoms with Crippen molar-refractivity contribution in [3.8, 4) is 0 Å².